The summed E-state index contributed by atoms with van der Waals surface area (Å²) in [5.74, 6) is 0.164. The van der Waals surface area contributed by atoms with Crippen molar-refractivity contribution in [3.05, 3.63) is 35.5 Å². The van der Waals surface area contributed by atoms with Crippen LogP contribution >= 0.6 is 0 Å². The molecule has 4 nitrogen and oxygen atoms in total. The maximum absolute atomic E-state index is 12.6. The highest BCUT2D eigenvalue weighted by Gasteiger charge is 2.29. The molecule has 1 aliphatic rings. The number of hydrogen-bond donors (Lipinski definition) is 2. The standard InChI is InChI=1S/C19H26N2O2/c1-13-6-5-7-16-15(12-20-19(13)16)9-10-18(23)21-11-4-3-8-17(21)14(2)22/h5-7,12,14,17,20,22H,3-4,8-11H2,1-2H3. The van der Waals surface area contributed by atoms with Gasteiger partial charge >= 0.3 is 0 Å². The van der Waals surface area contributed by atoms with Crippen molar-refractivity contribution in [1.29, 1.82) is 0 Å². The second-order valence-corrected chi connectivity index (χ2v) is 6.70. The molecule has 4 heteroatoms. The van der Waals surface area contributed by atoms with E-state index in [0.29, 0.717) is 6.42 Å². The number of aryl methyl sites for hydroxylation is 2. The lowest BCUT2D eigenvalue weighted by molar-refractivity contribution is -0.137. The number of aliphatic hydroxyl groups is 1. The number of likely N-dealkylation sites (tertiary alicyclic amines) is 1. The van der Waals surface area contributed by atoms with Crippen molar-refractivity contribution in [2.24, 2.45) is 0 Å². The first-order chi connectivity index (χ1) is 11.1. The quantitative estimate of drug-likeness (QED) is 0.910. The van der Waals surface area contributed by atoms with E-state index in [1.165, 1.54) is 16.5 Å². The minimum Gasteiger partial charge on any atom is -0.391 e. The third-order valence-electron chi connectivity index (χ3n) is 5.04. The number of benzene rings is 1. The topological polar surface area (TPSA) is 56.3 Å². The van der Waals surface area contributed by atoms with Gasteiger partial charge in [-0.2, -0.15) is 0 Å². The Balaban J connectivity index is 1.69. The molecule has 1 aliphatic heterocycles. The van der Waals surface area contributed by atoms with Gasteiger partial charge in [-0.05, 0) is 50.7 Å². The SMILES string of the molecule is Cc1cccc2c(CCC(=O)N3CCCCC3C(C)O)c[nH]c12. The van der Waals surface area contributed by atoms with Crippen molar-refractivity contribution in [1.82, 2.24) is 9.88 Å². The van der Waals surface area contributed by atoms with E-state index in [0.717, 1.165) is 37.7 Å². The molecule has 1 saturated heterocycles. The lowest BCUT2D eigenvalue weighted by Gasteiger charge is -2.37. The van der Waals surface area contributed by atoms with Crippen LogP contribution in [0.2, 0.25) is 0 Å². The highest BCUT2D eigenvalue weighted by Crippen LogP contribution is 2.24. The van der Waals surface area contributed by atoms with Gasteiger partial charge in [-0.15, -0.1) is 0 Å². The number of H-pyrrole nitrogens is 1. The van der Waals surface area contributed by atoms with Gasteiger partial charge in [0.25, 0.3) is 0 Å². The van der Waals surface area contributed by atoms with Gasteiger partial charge in [-0.3, -0.25) is 4.79 Å². The number of aliphatic hydroxyl groups excluding tert-OH is 1. The van der Waals surface area contributed by atoms with Crippen LogP contribution in [0, 0.1) is 6.92 Å². The molecule has 3 rings (SSSR count). The predicted molar refractivity (Wildman–Crippen MR) is 92.4 cm³/mol. The number of rotatable bonds is 4. The summed E-state index contributed by atoms with van der Waals surface area (Å²) in [6.45, 7) is 4.66. The first kappa shape index (κ1) is 16.1. The minimum absolute atomic E-state index is 0.0125. The monoisotopic (exact) mass is 314 g/mol. The van der Waals surface area contributed by atoms with Gasteiger partial charge in [0.2, 0.25) is 5.91 Å². The number of fused-ring (bicyclic) bond motifs is 1. The molecular weight excluding hydrogens is 288 g/mol. The van der Waals surface area contributed by atoms with Crippen molar-refractivity contribution in [2.75, 3.05) is 6.54 Å². The normalized spacial score (nSPS) is 20.0. The zero-order chi connectivity index (χ0) is 16.4. The van der Waals surface area contributed by atoms with Gasteiger partial charge in [0.1, 0.15) is 0 Å². The van der Waals surface area contributed by atoms with Crippen LogP contribution in [-0.2, 0) is 11.2 Å². The van der Waals surface area contributed by atoms with E-state index in [2.05, 4.69) is 30.1 Å². The number of aromatic amines is 1. The average Bonchev–Trinajstić information content (AvgIpc) is 2.97. The number of carbonyl (C=O) groups is 1. The second kappa shape index (κ2) is 6.75. The van der Waals surface area contributed by atoms with E-state index in [9.17, 15) is 9.90 Å². The molecule has 1 aromatic heterocycles. The van der Waals surface area contributed by atoms with Crippen LogP contribution in [0.3, 0.4) is 0 Å². The summed E-state index contributed by atoms with van der Waals surface area (Å²) in [5.41, 5.74) is 3.59. The van der Waals surface area contributed by atoms with Crippen molar-refractivity contribution in [3.8, 4) is 0 Å². The molecule has 124 valence electrons. The van der Waals surface area contributed by atoms with Gasteiger partial charge in [0.15, 0.2) is 0 Å². The zero-order valence-electron chi connectivity index (χ0n) is 14.0. The van der Waals surface area contributed by atoms with Crippen LogP contribution in [0.1, 0.15) is 43.7 Å². The summed E-state index contributed by atoms with van der Waals surface area (Å²) in [6, 6.07) is 6.25. The summed E-state index contributed by atoms with van der Waals surface area (Å²) in [4.78, 5) is 17.8. The Bertz CT molecular complexity index is 690. The summed E-state index contributed by atoms with van der Waals surface area (Å²) in [7, 11) is 0. The highest BCUT2D eigenvalue weighted by molar-refractivity contribution is 5.86. The van der Waals surface area contributed by atoms with Crippen molar-refractivity contribution >= 4 is 16.8 Å². The summed E-state index contributed by atoms with van der Waals surface area (Å²) in [6.07, 6.45) is 5.87. The molecule has 0 radical (unpaired) electrons. The maximum Gasteiger partial charge on any atom is 0.223 e. The summed E-state index contributed by atoms with van der Waals surface area (Å²) < 4.78 is 0. The van der Waals surface area contributed by atoms with E-state index >= 15 is 0 Å². The first-order valence-corrected chi connectivity index (χ1v) is 8.61. The lowest BCUT2D eigenvalue weighted by atomic mass is 9.97. The van der Waals surface area contributed by atoms with Crippen molar-refractivity contribution < 1.29 is 9.90 Å². The van der Waals surface area contributed by atoms with Crippen molar-refractivity contribution in [3.63, 3.8) is 0 Å². The number of amides is 1. The highest BCUT2D eigenvalue weighted by atomic mass is 16.3. The smallest absolute Gasteiger partial charge is 0.223 e. The predicted octanol–water partition coefficient (Wildman–Crippen LogP) is 3.17. The van der Waals surface area contributed by atoms with E-state index in [-0.39, 0.29) is 11.9 Å². The second-order valence-electron chi connectivity index (χ2n) is 6.70. The number of para-hydroxylation sites is 1. The zero-order valence-corrected chi connectivity index (χ0v) is 14.0. The number of nitrogens with zero attached hydrogens (tertiary/aromatic N) is 1. The Labute approximate surface area is 137 Å². The van der Waals surface area contributed by atoms with E-state index in [1.54, 1.807) is 6.92 Å². The van der Waals surface area contributed by atoms with E-state index in [1.807, 2.05) is 11.1 Å². The Morgan fingerprint density at radius 1 is 1.43 bits per heavy atom. The van der Waals surface area contributed by atoms with Crippen LogP contribution in [0.4, 0.5) is 0 Å². The molecule has 1 fully saturated rings. The molecule has 0 bridgehead atoms. The van der Waals surface area contributed by atoms with Crippen molar-refractivity contribution in [2.45, 2.75) is 58.1 Å². The Morgan fingerprint density at radius 3 is 3.04 bits per heavy atom. The summed E-state index contributed by atoms with van der Waals surface area (Å²) >= 11 is 0. The number of piperidine rings is 1. The number of hydrogen-bond acceptors (Lipinski definition) is 2. The molecular formula is C19H26N2O2. The van der Waals surface area contributed by atoms with Gasteiger partial charge in [0.05, 0.1) is 12.1 Å². The fourth-order valence-corrected chi connectivity index (χ4v) is 3.72. The molecule has 0 spiro atoms. The molecule has 0 saturated carbocycles. The van der Waals surface area contributed by atoms with E-state index < -0.39 is 6.10 Å². The van der Waals surface area contributed by atoms with Crippen LogP contribution in [-0.4, -0.2) is 39.6 Å². The average molecular weight is 314 g/mol. The van der Waals surface area contributed by atoms with Crippen LogP contribution < -0.4 is 0 Å². The Kier molecular flexibility index (Phi) is 4.71. The van der Waals surface area contributed by atoms with Gasteiger partial charge < -0.3 is 15.0 Å². The lowest BCUT2D eigenvalue weighted by Crippen LogP contribution is -2.48. The molecule has 1 aromatic carbocycles. The molecule has 2 N–H and O–H groups in total. The Hall–Kier alpha value is -1.81. The fourth-order valence-electron chi connectivity index (χ4n) is 3.72. The third kappa shape index (κ3) is 3.27. The van der Waals surface area contributed by atoms with E-state index in [4.69, 9.17) is 0 Å². The van der Waals surface area contributed by atoms with Gasteiger partial charge in [0, 0.05) is 30.1 Å². The van der Waals surface area contributed by atoms with Gasteiger partial charge in [-0.25, -0.2) is 0 Å². The molecule has 0 aliphatic carbocycles. The minimum atomic E-state index is -0.449. The first-order valence-electron chi connectivity index (χ1n) is 8.61. The number of nitrogens with one attached hydrogen (secondary N) is 1. The maximum atomic E-state index is 12.6. The number of aromatic nitrogens is 1. The third-order valence-corrected chi connectivity index (χ3v) is 5.04. The largest absolute Gasteiger partial charge is 0.391 e. The molecule has 2 unspecified atom stereocenters. The molecule has 1 amide bonds. The summed E-state index contributed by atoms with van der Waals surface area (Å²) in [5, 5.41) is 11.1. The molecule has 2 atom stereocenters. The number of carbonyl (C=O) groups excluding carboxylic acids is 1. The van der Waals surface area contributed by atoms with Crippen LogP contribution in [0.5, 0.6) is 0 Å². The molecule has 23 heavy (non-hydrogen) atoms. The van der Waals surface area contributed by atoms with Crippen LogP contribution in [0.25, 0.3) is 10.9 Å². The molecule has 2 heterocycles. The molecule has 2 aromatic rings. The van der Waals surface area contributed by atoms with Gasteiger partial charge in [-0.1, -0.05) is 18.2 Å². The van der Waals surface area contributed by atoms with Crippen LogP contribution in [0.15, 0.2) is 24.4 Å². The Morgan fingerprint density at radius 2 is 2.26 bits per heavy atom. The fraction of sp³-hybridized carbons (Fsp3) is 0.526.